The molecule has 4 nitrogen and oxygen atoms in total. The Morgan fingerprint density at radius 1 is 0.960 bits per heavy atom. The van der Waals surface area contributed by atoms with Crippen molar-refractivity contribution < 1.29 is 21.6 Å². The molecule has 0 saturated carbocycles. The van der Waals surface area contributed by atoms with Crippen molar-refractivity contribution in [2.45, 2.75) is 11.1 Å². The van der Waals surface area contributed by atoms with Crippen molar-refractivity contribution in [2.75, 3.05) is 6.26 Å². The summed E-state index contributed by atoms with van der Waals surface area (Å²) in [5, 5.41) is 0. The number of nitrogens with zero attached hydrogens (tertiary/aromatic N) is 2. The number of hydrogen-bond acceptors (Lipinski definition) is 3. The maximum Gasteiger partial charge on any atom is 0.433 e. The first-order valence-corrected chi connectivity index (χ1v) is 9.08. The molecule has 1 heterocycles. The number of rotatable bonds is 3. The highest BCUT2D eigenvalue weighted by Crippen LogP contribution is 2.35. The van der Waals surface area contributed by atoms with Gasteiger partial charge in [-0.1, -0.05) is 30.3 Å². The predicted octanol–water partition coefficient (Wildman–Crippen LogP) is 3.96. The van der Waals surface area contributed by atoms with E-state index in [1.165, 1.54) is 24.3 Å². The molecule has 1 aromatic heterocycles. The lowest BCUT2D eigenvalue weighted by Gasteiger charge is -2.14. The molecule has 3 aromatic rings. The van der Waals surface area contributed by atoms with Gasteiger partial charge in [0.25, 0.3) is 0 Å². The third-order valence-corrected chi connectivity index (χ3v) is 4.74. The van der Waals surface area contributed by atoms with Crippen molar-refractivity contribution >= 4 is 9.84 Å². The molecule has 0 radical (unpaired) electrons. The highest BCUT2D eigenvalue weighted by molar-refractivity contribution is 7.90. The Bertz CT molecular complexity index is 993. The van der Waals surface area contributed by atoms with E-state index in [1.54, 1.807) is 30.3 Å². The lowest BCUT2D eigenvalue weighted by Crippen LogP contribution is -2.13. The molecule has 0 amide bonds. The van der Waals surface area contributed by atoms with Crippen molar-refractivity contribution in [3.05, 3.63) is 66.5 Å². The fraction of sp³-hybridized carbons (Fsp3) is 0.118. The Kier molecular flexibility index (Phi) is 4.16. The monoisotopic (exact) mass is 366 g/mol. The zero-order valence-corrected chi connectivity index (χ0v) is 13.8. The number of benzene rings is 2. The largest absolute Gasteiger partial charge is 0.433 e. The molecule has 130 valence electrons. The van der Waals surface area contributed by atoms with Gasteiger partial charge in [0.15, 0.2) is 9.84 Å². The first-order valence-electron chi connectivity index (χ1n) is 7.19. The number of sulfone groups is 1. The topological polar surface area (TPSA) is 52.0 Å². The highest BCUT2D eigenvalue weighted by Gasteiger charge is 2.36. The van der Waals surface area contributed by atoms with Crippen LogP contribution in [0.4, 0.5) is 13.2 Å². The van der Waals surface area contributed by atoms with Gasteiger partial charge in [0.2, 0.25) is 0 Å². The van der Waals surface area contributed by atoms with Gasteiger partial charge in [0, 0.05) is 17.5 Å². The smallest absolute Gasteiger partial charge is 0.288 e. The van der Waals surface area contributed by atoms with Gasteiger partial charge in [-0.3, -0.25) is 4.57 Å². The second-order valence-corrected chi connectivity index (χ2v) is 7.45. The normalized spacial score (nSPS) is 12.3. The SMILES string of the molecule is CS(=O)(=O)c1ccc(-n2c(C(F)(F)F)cnc2-c2ccccc2)cc1. The summed E-state index contributed by atoms with van der Waals surface area (Å²) < 4.78 is 64.2. The molecule has 0 saturated heterocycles. The van der Waals surface area contributed by atoms with Crippen LogP contribution in [0.2, 0.25) is 0 Å². The van der Waals surface area contributed by atoms with E-state index in [4.69, 9.17) is 0 Å². The molecule has 0 bridgehead atoms. The Labute approximate surface area is 142 Å². The van der Waals surface area contributed by atoms with Crippen LogP contribution in [0.1, 0.15) is 5.69 Å². The average molecular weight is 366 g/mol. The van der Waals surface area contributed by atoms with E-state index in [0.29, 0.717) is 5.56 Å². The zero-order valence-electron chi connectivity index (χ0n) is 13.0. The molecule has 0 aliphatic heterocycles. The van der Waals surface area contributed by atoms with Crippen LogP contribution in [0.3, 0.4) is 0 Å². The lowest BCUT2D eigenvalue weighted by molar-refractivity contribution is -0.142. The number of aromatic nitrogens is 2. The predicted molar refractivity (Wildman–Crippen MR) is 87.1 cm³/mol. The molecule has 0 N–H and O–H groups in total. The van der Waals surface area contributed by atoms with Gasteiger partial charge in [-0.05, 0) is 24.3 Å². The van der Waals surface area contributed by atoms with Crippen molar-refractivity contribution in [3.8, 4) is 17.1 Å². The van der Waals surface area contributed by atoms with Gasteiger partial charge >= 0.3 is 6.18 Å². The van der Waals surface area contributed by atoms with Crippen molar-refractivity contribution in [1.29, 1.82) is 0 Å². The van der Waals surface area contributed by atoms with Crippen LogP contribution >= 0.6 is 0 Å². The van der Waals surface area contributed by atoms with Crippen molar-refractivity contribution in [1.82, 2.24) is 9.55 Å². The van der Waals surface area contributed by atoms with E-state index >= 15 is 0 Å². The minimum Gasteiger partial charge on any atom is -0.288 e. The number of imidazole rings is 1. The van der Waals surface area contributed by atoms with Crippen LogP contribution in [-0.4, -0.2) is 24.2 Å². The Morgan fingerprint density at radius 3 is 2.08 bits per heavy atom. The van der Waals surface area contributed by atoms with Gasteiger partial charge in [0.1, 0.15) is 11.5 Å². The second kappa shape index (κ2) is 6.03. The molecular weight excluding hydrogens is 353 g/mol. The quantitative estimate of drug-likeness (QED) is 0.705. The summed E-state index contributed by atoms with van der Waals surface area (Å²) in [6, 6.07) is 13.7. The first kappa shape index (κ1) is 17.2. The Morgan fingerprint density at radius 2 is 1.56 bits per heavy atom. The summed E-state index contributed by atoms with van der Waals surface area (Å²) in [4.78, 5) is 3.96. The number of alkyl halides is 3. The van der Waals surface area contributed by atoms with E-state index < -0.39 is 21.7 Å². The average Bonchev–Trinajstić information content (AvgIpc) is 3.00. The third kappa shape index (κ3) is 3.43. The molecule has 0 atom stereocenters. The standard InChI is InChI=1S/C17H13F3N2O2S/c1-25(23,24)14-9-7-13(8-10-14)22-15(17(18,19)20)11-21-16(22)12-5-3-2-4-6-12/h2-11H,1H3. The molecule has 25 heavy (non-hydrogen) atoms. The Balaban J connectivity index is 2.21. The maximum atomic E-state index is 13.4. The van der Waals surface area contributed by atoms with E-state index in [1.807, 2.05) is 0 Å². The van der Waals surface area contributed by atoms with E-state index in [0.717, 1.165) is 17.0 Å². The highest BCUT2D eigenvalue weighted by atomic mass is 32.2. The first-order chi connectivity index (χ1) is 11.7. The van der Waals surface area contributed by atoms with Crippen LogP contribution in [0, 0.1) is 0 Å². The summed E-state index contributed by atoms with van der Waals surface area (Å²) in [7, 11) is -3.44. The summed E-state index contributed by atoms with van der Waals surface area (Å²) in [5.74, 6) is 0.125. The molecule has 0 fully saturated rings. The summed E-state index contributed by atoms with van der Waals surface area (Å²) >= 11 is 0. The van der Waals surface area contributed by atoms with Crippen LogP contribution in [0.25, 0.3) is 17.1 Å². The van der Waals surface area contributed by atoms with Gasteiger partial charge in [-0.2, -0.15) is 13.2 Å². The Hall–Kier alpha value is -2.61. The van der Waals surface area contributed by atoms with Crippen LogP contribution in [0.15, 0.2) is 65.7 Å². The molecule has 0 aliphatic carbocycles. The minimum atomic E-state index is -4.60. The molecular formula is C17H13F3N2O2S. The fourth-order valence-corrected chi connectivity index (χ4v) is 3.08. The number of halogens is 3. The maximum absolute atomic E-state index is 13.4. The van der Waals surface area contributed by atoms with Gasteiger partial charge < -0.3 is 0 Å². The summed E-state index contributed by atoms with van der Waals surface area (Å²) in [6.45, 7) is 0. The van der Waals surface area contributed by atoms with Gasteiger partial charge in [-0.15, -0.1) is 0 Å². The van der Waals surface area contributed by atoms with Crippen molar-refractivity contribution in [3.63, 3.8) is 0 Å². The lowest BCUT2D eigenvalue weighted by atomic mass is 10.2. The van der Waals surface area contributed by atoms with E-state index in [2.05, 4.69) is 4.98 Å². The van der Waals surface area contributed by atoms with Gasteiger partial charge in [0.05, 0.1) is 11.1 Å². The van der Waals surface area contributed by atoms with Crippen molar-refractivity contribution in [2.24, 2.45) is 0 Å². The minimum absolute atomic E-state index is 0.0335. The molecule has 0 unspecified atom stereocenters. The zero-order chi connectivity index (χ0) is 18.2. The second-order valence-electron chi connectivity index (χ2n) is 5.43. The van der Waals surface area contributed by atoms with Crippen LogP contribution in [0.5, 0.6) is 0 Å². The summed E-state index contributed by atoms with van der Waals surface area (Å²) in [6.07, 6.45) is -2.79. The van der Waals surface area contributed by atoms with Gasteiger partial charge in [-0.25, -0.2) is 13.4 Å². The molecule has 3 rings (SSSR count). The third-order valence-electron chi connectivity index (χ3n) is 3.61. The number of hydrogen-bond donors (Lipinski definition) is 0. The van der Waals surface area contributed by atoms with E-state index in [9.17, 15) is 21.6 Å². The van der Waals surface area contributed by atoms with E-state index in [-0.39, 0.29) is 16.4 Å². The summed E-state index contributed by atoms with van der Waals surface area (Å²) in [5.41, 5.74) is -0.236. The molecule has 0 aliphatic rings. The molecule has 0 spiro atoms. The fourth-order valence-electron chi connectivity index (χ4n) is 2.45. The van der Waals surface area contributed by atoms with Crippen LogP contribution in [-0.2, 0) is 16.0 Å². The van der Waals surface area contributed by atoms with Crippen LogP contribution < -0.4 is 0 Å². The molecule has 8 heteroatoms. The molecule has 2 aromatic carbocycles.